The predicted molar refractivity (Wildman–Crippen MR) is 95.9 cm³/mol. The van der Waals surface area contributed by atoms with Crippen molar-refractivity contribution in [3.8, 4) is 0 Å². The summed E-state index contributed by atoms with van der Waals surface area (Å²) in [6.45, 7) is 1.44. The van der Waals surface area contributed by atoms with Crippen LogP contribution in [-0.2, 0) is 16.4 Å². The number of sulfonamides is 1. The van der Waals surface area contributed by atoms with E-state index in [0.717, 1.165) is 30.0 Å². The third kappa shape index (κ3) is 4.63. The molecule has 1 aromatic heterocycles. The second-order valence-corrected chi connectivity index (χ2v) is 8.37. The molecule has 4 N–H and O–H groups in total. The van der Waals surface area contributed by atoms with Crippen LogP contribution < -0.4 is 15.8 Å². The highest BCUT2D eigenvalue weighted by atomic mass is 32.2. The maximum atomic E-state index is 12.2. The number of nitrogens with two attached hydrogens (primary N) is 1. The molecule has 9 heteroatoms. The van der Waals surface area contributed by atoms with Gasteiger partial charge in [-0.25, -0.2) is 18.5 Å². The van der Waals surface area contributed by atoms with Crippen LogP contribution in [0.2, 0.25) is 0 Å². The molecule has 25 heavy (non-hydrogen) atoms. The molecule has 1 aliphatic heterocycles. The molecule has 0 spiro atoms. The fourth-order valence-corrected chi connectivity index (χ4v) is 4.13. The van der Waals surface area contributed by atoms with Gasteiger partial charge >= 0.3 is 0 Å². The van der Waals surface area contributed by atoms with E-state index in [1.807, 2.05) is 0 Å². The minimum absolute atomic E-state index is 0.0795. The molecule has 1 fully saturated rings. The first-order valence-electron chi connectivity index (χ1n) is 8.02. The lowest BCUT2D eigenvalue weighted by molar-refractivity contribution is 0.0949. The van der Waals surface area contributed by atoms with E-state index in [4.69, 9.17) is 5.14 Å². The summed E-state index contributed by atoms with van der Waals surface area (Å²) in [7, 11) is -3.68. The number of carbonyl (C=O) groups is 1. The van der Waals surface area contributed by atoms with Gasteiger partial charge in [-0.2, -0.15) is 0 Å². The van der Waals surface area contributed by atoms with E-state index in [9.17, 15) is 13.2 Å². The molecule has 0 bridgehead atoms. The molecule has 0 saturated carbocycles. The first kappa shape index (κ1) is 18.0. The molecule has 1 aromatic carbocycles. The van der Waals surface area contributed by atoms with E-state index in [-0.39, 0.29) is 16.8 Å². The molecule has 1 saturated heterocycles. The lowest BCUT2D eigenvalue weighted by atomic mass is 10.1. The van der Waals surface area contributed by atoms with E-state index < -0.39 is 10.0 Å². The van der Waals surface area contributed by atoms with Gasteiger partial charge in [0.2, 0.25) is 10.0 Å². The monoisotopic (exact) mass is 380 g/mol. The largest absolute Gasteiger partial charge is 0.350 e. The molecule has 1 aliphatic rings. The summed E-state index contributed by atoms with van der Waals surface area (Å²) in [5, 5.41) is 14.0. The van der Waals surface area contributed by atoms with Crippen LogP contribution >= 0.6 is 11.3 Å². The number of benzene rings is 1. The van der Waals surface area contributed by atoms with Crippen LogP contribution in [0.3, 0.4) is 0 Å². The van der Waals surface area contributed by atoms with Crippen LogP contribution in [0.1, 0.15) is 39.9 Å². The average Bonchev–Trinajstić information content (AvgIpc) is 3.25. The Kier molecular flexibility index (Phi) is 5.48. The van der Waals surface area contributed by atoms with Crippen LogP contribution in [-0.4, -0.2) is 32.4 Å². The molecule has 0 aliphatic carbocycles. The second kappa shape index (κ2) is 7.61. The zero-order chi connectivity index (χ0) is 17.9. The quantitative estimate of drug-likeness (QED) is 0.696. The summed E-state index contributed by atoms with van der Waals surface area (Å²) < 4.78 is 22.4. The normalized spacial score (nSPS) is 17.6. The summed E-state index contributed by atoms with van der Waals surface area (Å²) >= 11 is 1.51. The second-order valence-electron chi connectivity index (χ2n) is 5.91. The Labute approximate surface area is 150 Å². The summed E-state index contributed by atoms with van der Waals surface area (Å²) in [4.78, 5) is 16.7. The molecule has 2 aromatic rings. The van der Waals surface area contributed by atoms with Gasteiger partial charge in [-0.1, -0.05) is 12.1 Å². The van der Waals surface area contributed by atoms with Gasteiger partial charge in [0.15, 0.2) is 0 Å². The number of hydrogen-bond acceptors (Lipinski definition) is 6. The maximum absolute atomic E-state index is 12.2. The summed E-state index contributed by atoms with van der Waals surface area (Å²) in [6.07, 6.45) is 2.79. The summed E-state index contributed by atoms with van der Waals surface area (Å²) in [5.41, 5.74) is 1.36. The van der Waals surface area contributed by atoms with Crippen LogP contribution in [0.15, 0.2) is 34.5 Å². The minimum Gasteiger partial charge on any atom is -0.350 e. The highest BCUT2D eigenvalue weighted by Gasteiger charge is 2.20. The third-order valence-corrected chi connectivity index (χ3v) is 5.95. The number of nitrogens with one attached hydrogen (secondary N) is 2. The number of thiazole rings is 1. The van der Waals surface area contributed by atoms with Crippen LogP contribution in [0, 0.1) is 0 Å². The van der Waals surface area contributed by atoms with Crippen molar-refractivity contribution in [2.75, 3.05) is 13.1 Å². The molecule has 7 nitrogen and oxygen atoms in total. The number of carbonyl (C=O) groups excluding carboxylic acids is 1. The van der Waals surface area contributed by atoms with Gasteiger partial charge in [-0.15, -0.1) is 11.3 Å². The molecular weight excluding hydrogens is 360 g/mol. The average molecular weight is 380 g/mol. The van der Waals surface area contributed by atoms with Crippen molar-refractivity contribution in [2.24, 2.45) is 5.14 Å². The smallest absolute Gasteiger partial charge is 0.270 e. The SMILES string of the molecule is NS(=O)(=O)c1ccc(CCNC(=O)c2csc(C3CCCN3)n2)cc1. The number of amides is 1. The third-order valence-electron chi connectivity index (χ3n) is 4.06. The zero-order valence-corrected chi connectivity index (χ0v) is 15.2. The fraction of sp³-hybridized carbons (Fsp3) is 0.375. The van der Waals surface area contributed by atoms with Gasteiger partial charge in [0.1, 0.15) is 10.7 Å². The number of rotatable bonds is 6. The number of aromatic nitrogens is 1. The standard InChI is InChI=1S/C16H20N4O3S2/c17-25(22,23)12-5-3-11(4-6-12)7-9-19-15(21)14-10-24-16(20-14)13-2-1-8-18-13/h3-6,10,13,18H,1-2,7-9H2,(H,19,21)(H2,17,22,23). The molecule has 1 unspecified atom stereocenters. The lowest BCUT2D eigenvalue weighted by Crippen LogP contribution is -2.26. The molecule has 134 valence electrons. The first-order valence-corrected chi connectivity index (χ1v) is 10.4. The highest BCUT2D eigenvalue weighted by molar-refractivity contribution is 7.89. The topological polar surface area (TPSA) is 114 Å². The van der Waals surface area contributed by atoms with Crippen molar-refractivity contribution >= 4 is 27.3 Å². The van der Waals surface area contributed by atoms with Crippen molar-refractivity contribution in [2.45, 2.75) is 30.2 Å². The minimum atomic E-state index is -3.68. The number of primary sulfonamides is 1. The Morgan fingerprint density at radius 1 is 1.36 bits per heavy atom. The number of nitrogens with zero attached hydrogens (tertiary/aromatic N) is 1. The van der Waals surface area contributed by atoms with E-state index in [1.54, 1.807) is 17.5 Å². The zero-order valence-electron chi connectivity index (χ0n) is 13.6. The molecule has 3 rings (SSSR count). The predicted octanol–water partition coefficient (Wildman–Crippen LogP) is 1.19. The van der Waals surface area contributed by atoms with Gasteiger partial charge < -0.3 is 10.6 Å². The molecule has 0 radical (unpaired) electrons. The van der Waals surface area contributed by atoms with Crippen molar-refractivity contribution < 1.29 is 13.2 Å². The Bertz CT molecular complexity index is 841. The van der Waals surface area contributed by atoms with Crippen LogP contribution in [0.5, 0.6) is 0 Å². The fourth-order valence-electron chi connectivity index (χ4n) is 2.70. The Hall–Kier alpha value is -1.81. The van der Waals surface area contributed by atoms with E-state index in [2.05, 4.69) is 15.6 Å². The van der Waals surface area contributed by atoms with Gasteiger partial charge in [0.05, 0.1) is 10.9 Å². The van der Waals surface area contributed by atoms with E-state index in [0.29, 0.717) is 18.7 Å². The van der Waals surface area contributed by atoms with Gasteiger partial charge in [-0.05, 0) is 43.5 Å². The molecule has 2 heterocycles. The van der Waals surface area contributed by atoms with Crippen LogP contribution in [0.25, 0.3) is 0 Å². The summed E-state index contributed by atoms with van der Waals surface area (Å²) in [5.74, 6) is -0.193. The molecule has 1 amide bonds. The highest BCUT2D eigenvalue weighted by Crippen LogP contribution is 2.25. The van der Waals surface area contributed by atoms with E-state index >= 15 is 0 Å². The summed E-state index contributed by atoms with van der Waals surface area (Å²) in [6, 6.07) is 6.59. The Morgan fingerprint density at radius 2 is 2.12 bits per heavy atom. The van der Waals surface area contributed by atoms with Gasteiger partial charge in [0, 0.05) is 11.9 Å². The Balaban J connectivity index is 1.51. The maximum Gasteiger partial charge on any atom is 0.270 e. The van der Waals surface area contributed by atoms with Crippen LogP contribution in [0.4, 0.5) is 0 Å². The van der Waals surface area contributed by atoms with Crippen molar-refractivity contribution in [3.63, 3.8) is 0 Å². The van der Waals surface area contributed by atoms with Crippen molar-refractivity contribution in [1.29, 1.82) is 0 Å². The number of hydrogen-bond donors (Lipinski definition) is 3. The molecular formula is C16H20N4O3S2. The Morgan fingerprint density at radius 3 is 2.76 bits per heavy atom. The van der Waals surface area contributed by atoms with Crippen molar-refractivity contribution in [3.05, 3.63) is 45.9 Å². The first-order chi connectivity index (χ1) is 11.9. The lowest BCUT2D eigenvalue weighted by Gasteiger charge is -2.06. The van der Waals surface area contributed by atoms with Crippen molar-refractivity contribution in [1.82, 2.24) is 15.6 Å². The van der Waals surface area contributed by atoms with E-state index in [1.165, 1.54) is 23.5 Å². The van der Waals surface area contributed by atoms with Gasteiger partial charge in [-0.3, -0.25) is 4.79 Å². The molecule has 1 atom stereocenters. The van der Waals surface area contributed by atoms with Gasteiger partial charge in [0.25, 0.3) is 5.91 Å².